The second-order valence-corrected chi connectivity index (χ2v) is 5.92. The van der Waals surface area contributed by atoms with Gasteiger partial charge in [0.05, 0.1) is 0 Å². The highest BCUT2D eigenvalue weighted by atomic mass is 19.1. The molecule has 1 heterocycles. The summed E-state index contributed by atoms with van der Waals surface area (Å²) in [4.78, 5) is 15.4. The molecule has 0 radical (unpaired) electrons. The first kappa shape index (κ1) is 16.2. The third kappa shape index (κ3) is 3.48. The Bertz CT molecular complexity index is 836. The van der Waals surface area contributed by atoms with Crippen molar-refractivity contribution in [1.82, 2.24) is 10.3 Å². The monoisotopic (exact) mass is 324 g/mol. The van der Waals surface area contributed by atoms with E-state index in [2.05, 4.69) is 17.2 Å². The highest BCUT2D eigenvalue weighted by Gasteiger charge is 2.12. The van der Waals surface area contributed by atoms with Gasteiger partial charge in [0.2, 0.25) is 0 Å². The van der Waals surface area contributed by atoms with Crippen molar-refractivity contribution >= 4 is 16.8 Å². The van der Waals surface area contributed by atoms with Crippen LogP contribution in [-0.2, 0) is 0 Å². The molecule has 0 saturated carbocycles. The zero-order valence-electron chi connectivity index (χ0n) is 13.7. The maximum absolute atomic E-state index is 13.1. The van der Waals surface area contributed by atoms with Crippen LogP contribution in [0.4, 0.5) is 4.39 Å². The Morgan fingerprint density at radius 2 is 1.92 bits per heavy atom. The number of hydrogen-bond donors (Lipinski definition) is 2. The summed E-state index contributed by atoms with van der Waals surface area (Å²) in [6, 6.07) is 14.1. The van der Waals surface area contributed by atoms with Crippen molar-refractivity contribution in [3.05, 3.63) is 60.0 Å². The predicted molar refractivity (Wildman–Crippen MR) is 95.6 cm³/mol. The van der Waals surface area contributed by atoms with Crippen LogP contribution in [0.25, 0.3) is 22.0 Å². The number of fused-ring (bicyclic) bond motifs is 1. The van der Waals surface area contributed by atoms with Crippen molar-refractivity contribution in [2.45, 2.75) is 26.2 Å². The number of unbranched alkanes of at least 4 members (excludes halogenated alkanes) is 2. The molecule has 0 fully saturated rings. The summed E-state index contributed by atoms with van der Waals surface area (Å²) >= 11 is 0. The summed E-state index contributed by atoms with van der Waals surface area (Å²) in [5.74, 6) is -0.348. The fourth-order valence-corrected chi connectivity index (χ4v) is 2.83. The third-order valence-corrected chi connectivity index (χ3v) is 4.13. The molecule has 4 heteroatoms. The van der Waals surface area contributed by atoms with Crippen LogP contribution in [0.3, 0.4) is 0 Å². The summed E-state index contributed by atoms with van der Waals surface area (Å²) in [5.41, 5.74) is 3.36. The van der Waals surface area contributed by atoms with Gasteiger partial charge in [-0.15, -0.1) is 0 Å². The van der Waals surface area contributed by atoms with Crippen molar-refractivity contribution in [3.63, 3.8) is 0 Å². The lowest BCUT2D eigenvalue weighted by Gasteiger charge is -2.03. The molecule has 2 aromatic carbocycles. The molecule has 3 rings (SSSR count). The van der Waals surface area contributed by atoms with Gasteiger partial charge in [0.15, 0.2) is 0 Å². The van der Waals surface area contributed by atoms with E-state index in [1.165, 1.54) is 12.1 Å². The molecule has 124 valence electrons. The Morgan fingerprint density at radius 3 is 2.67 bits per heavy atom. The van der Waals surface area contributed by atoms with Gasteiger partial charge in [-0.3, -0.25) is 4.79 Å². The second-order valence-electron chi connectivity index (χ2n) is 5.92. The average Bonchev–Trinajstić information content (AvgIpc) is 3.03. The molecular formula is C20H21FN2O. The number of H-pyrrole nitrogens is 1. The number of benzene rings is 2. The zero-order valence-corrected chi connectivity index (χ0v) is 13.7. The van der Waals surface area contributed by atoms with Crippen LogP contribution >= 0.6 is 0 Å². The number of amides is 1. The molecule has 24 heavy (non-hydrogen) atoms. The first-order valence-electron chi connectivity index (χ1n) is 8.35. The predicted octanol–water partition coefficient (Wildman–Crippen LogP) is 4.89. The molecule has 0 unspecified atom stereocenters. The van der Waals surface area contributed by atoms with E-state index in [-0.39, 0.29) is 11.7 Å². The van der Waals surface area contributed by atoms with Crippen LogP contribution in [0.5, 0.6) is 0 Å². The lowest BCUT2D eigenvalue weighted by Crippen LogP contribution is -2.24. The Labute approximate surface area is 140 Å². The fraction of sp³-hybridized carbons (Fsp3) is 0.250. The van der Waals surface area contributed by atoms with Gasteiger partial charge in [-0.05, 0) is 41.8 Å². The van der Waals surface area contributed by atoms with Crippen LogP contribution in [0.2, 0.25) is 0 Å². The first-order valence-corrected chi connectivity index (χ1v) is 8.35. The number of carbonyl (C=O) groups excluding carboxylic acids is 1. The van der Waals surface area contributed by atoms with Crippen molar-refractivity contribution in [2.24, 2.45) is 0 Å². The molecule has 0 spiro atoms. The summed E-state index contributed by atoms with van der Waals surface area (Å²) in [7, 11) is 0. The SMILES string of the molecule is CCCCCNC(=O)c1cc2c(-c3ccc(F)cc3)cccc2[nH]1. The average molecular weight is 324 g/mol. The zero-order chi connectivity index (χ0) is 16.9. The minimum absolute atomic E-state index is 0.0904. The minimum atomic E-state index is -0.257. The Kier molecular flexibility index (Phi) is 4.94. The summed E-state index contributed by atoms with van der Waals surface area (Å²) in [6.45, 7) is 2.82. The van der Waals surface area contributed by atoms with Gasteiger partial charge in [0.1, 0.15) is 11.5 Å². The van der Waals surface area contributed by atoms with Crippen molar-refractivity contribution < 1.29 is 9.18 Å². The molecule has 0 aliphatic carbocycles. The molecule has 0 bridgehead atoms. The molecule has 3 aromatic rings. The standard InChI is InChI=1S/C20H21FN2O/c1-2-3-4-12-22-20(24)19-13-17-16(6-5-7-18(17)23-19)14-8-10-15(21)11-9-14/h5-11,13,23H,2-4,12H2,1H3,(H,22,24). The van der Waals surface area contributed by atoms with Crippen LogP contribution in [0.15, 0.2) is 48.5 Å². The van der Waals surface area contributed by atoms with Crippen molar-refractivity contribution in [1.29, 1.82) is 0 Å². The highest BCUT2D eigenvalue weighted by Crippen LogP contribution is 2.29. The maximum atomic E-state index is 13.1. The molecule has 2 N–H and O–H groups in total. The first-order chi connectivity index (χ1) is 11.7. The molecular weight excluding hydrogens is 303 g/mol. The summed E-state index contributed by atoms with van der Waals surface area (Å²) in [6.07, 6.45) is 3.23. The number of nitrogens with one attached hydrogen (secondary N) is 2. The number of carbonyl (C=O) groups is 1. The lowest BCUT2D eigenvalue weighted by molar-refractivity contribution is 0.0949. The van der Waals surface area contributed by atoms with Crippen LogP contribution in [0, 0.1) is 5.82 Å². The quantitative estimate of drug-likeness (QED) is 0.623. The van der Waals surface area contributed by atoms with Gasteiger partial charge < -0.3 is 10.3 Å². The number of aromatic amines is 1. The lowest BCUT2D eigenvalue weighted by atomic mass is 10.0. The van der Waals surface area contributed by atoms with E-state index < -0.39 is 0 Å². The number of rotatable bonds is 6. The van der Waals surface area contributed by atoms with Crippen LogP contribution in [0.1, 0.15) is 36.7 Å². The van der Waals surface area contributed by atoms with Gasteiger partial charge in [-0.25, -0.2) is 4.39 Å². The summed E-state index contributed by atoms with van der Waals surface area (Å²) < 4.78 is 13.1. The van der Waals surface area contributed by atoms with Gasteiger partial charge >= 0.3 is 0 Å². The number of aromatic nitrogens is 1. The minimum Gasteiger partial charge on any atom is -0.351 e. The largest absolute Gasteiger partial charge is 0.351 e. The smallest absolute Gasteiger partial charge is 0.267 e. The van der Waals surface area contributed by atoms with E-state index in [1.54, 1.807) is 12.1 Å². The molecule has 1 aromatic heterocycles. The number of hydrogen-bond acceptors (Lipinski definition) is 1. The fourth-order valence-electron chi connectivity index (χ4n) is 2.83. The highest BCUT2D eigenvalue weighted by molar-refractivity contribution is 6.02. The van der Waals surface area contributed by atoms with Crippen LogP contribution < -0.4 is 5.32 Å². The van der Waals surface area contributed by atoms with E-state index in [9.17, 15) is 9.18 Å². The Hall–Kier alpha value is -2.62. The van der Waals surface area contributed by atoms with Gasteiger partial charge in [0, 0.05) is 17.4 Å². The topological polar surface area (TPSA) is 44.9 Å². The van der Waals surface area contributed by atoms with E-state index in [1.807, 2.05) is 24.3 Å². The van der Waals surface area contributed by atoms with Crippen molar-refractivity contribution in [3.8, 4) is 11.1 Å². The molecule has 0 atom stereocenters. The number of halogens is 1. The van der Waals surface area contributed by atoms with Gasteiger partial charge in [-0.1, -0.05) is 44.0 Å². The van der Waals surface area contributed by atoms with Gasteiger partial charge in [0.25, 0.3) is 5.91 Å². The van der Waals surface area contributed by atoms with Crippen molar-refractivity contribution in [2.75, 3.05) is 6.54 Å². The van der Waals surface area contributed by atoms with Crippen LogP contribution in [-0.4, -0.2) is 17.4 Å². The second kappa shape index (κ2) is 7.30. The molecule has 0 aliphatic heterocycles. The van der Waals surface area contributed by atoms with Gasteiger partial charge in [-0.2, -0.15) is 0 Å². The summed E-state index contributed by atoms with van der Waals surface area (Å²) in [5, 5.41) is 3.90. The Morgan fingerprint density at radius 1 is 1.12 bits per heavy atom. The maximum Gasteiger partial charge on any atom is 0.267 e. The van der Waals surface area contributed by atoms with E-state index in [4.69, 9.17) is 0 Å². The molecule has 3 nitrogen and oxygen atoms in total. The molecule has 0 aliphatic rings. The third-order valence-electron chi connectivity index (χ3n) is 4.13. The molecule has 1 amide bonds. The Balaban J connectivity index is 1.87. The normalized spacial score (nSPS) is 10.9. The van der Waals surface area contributed by atoms with E-state index >= 15 is 0 Å². The van der Waals surface area contributed by atoms with E-state index in [0.29, 0.717) is 12.2 Å². The molecule has 0 saturated heterocycles. The van der Waals surface area contributed by atoms with E-state index in [0.717, 1.165) is 41.3 Å².